The molecule has 1 aliphatic rings. The number of rotatable bonds is 6. The van der Waals surface area contributed by atoms with E-state index >= 15 is 0 Å². The molecule has 1 aromatic carbocycles. The highest BCUT2D eigenvalue weighted by molar-refractivity contribution is 5.96. The van der Waals surface area contributed by atoms with Crippen molar-refractivity contribution in [2.45, 2.75) is 38.8 Å². The number of nitrogens with one attached hydrogen (secondary N) is 1. The molecule has 1 aromatic rings. The monoisotopic (exact) mass is 321 g/mol. The van der Waals surface area contributed by atoms with Gasteiger partial charge in [0.05, 0.1) is 13.2 Å². The Hall–Kier alpha value is -2.08. The fourth-order valence-corrected chi connectivity index (χ4v) is 2.41. The molecule has 0 aromatic heterocycles. The number of carbonyl (C=O) groups excluding carboxylic acids is 1. The number of hydrogen-bond donors (Lipinski definition) is 2. The summed E-state index contributed by atoms with van der Waals surface area (Å²) in [4.78, 5) is 23.3. The molecule has 0 radical (unpaired) electrons. The second-order valence-electron chi connectivity index (χ2n) is 5.99. The zero-order chi connectivity index (χ0) is 16.8. The minimum Gasteiger partial charge on any atom is -0.490 e. The van der Waals surface area contributed by atoms with E-state index in [1.54, 1.807) is 38.1 Å². The molecule has 0 saturated carbocycles. The molecule has 0 bridgehead atoms. The van der Waals surface area contributed by atoms with Gasteiger partial charge in [-0.05, 0) is 30.2 Å². The van der Waals surface area contributed by atoms with Crippen molar-refractivity contribution in [3.63, 3.8) is 0 Å². The molecule has 1 saturated heterocycles. The van der Waals surface area contributed by atoms with E-state index in [-0.39, 0.29) is 12.0 Å². The molecule has 1 heterocycles. The third-order valence-electron chi connectivity index (χ3n) is 3.81. The van der Waals surface area contributed by atoms with Gasteiger partial charge in [0.25, 0.3) is 5.91 Å². The lowest BCUT2D eigenvalue weighted by Gasteiger charge is -2.23. The first-order chi connectivity index (χ1) is 11.0. The first-order valence-corrected chi connectivity index (χ1v) is 7.85. The maximum Gasteiger partial charge on any atom is 0.326 e. The van der Waals surface area contributed by atoms with Gasteiger partial charge in [0.1, 0.15) is 17.9 Å². The lowest BCUT2D eigenvalue weighted by atomic mass is 10.0. The molecule has 1 fully saturated rings. The van der Waals surface area contributed by atoms with Crippen LogP contribution in [0.2, 0.25) is 0 Å². The van der Waals surface area contributed by atoms with Crippen LogP contribution in [-0.2, 0) is 9.53 Å². The van der Waals surface area contributed by atoms with Crippen LogP contribution >= 0.6 is 0 Å². The van der Waals surface area contributed by atoms with Crippen LogP contribution in [0.4, 0.5) is 0 Å². The van der Waals surface area contributed by atoms with E-state index in [9.17, 15) is 9.59 Å². The summed E-state index contributed by atoms with van der Waals surface area (Å²) < 4.78 is 11.1. The van der Waals surface area contributed by atoms with Gasteiger partial charge < -0.3 is 19.9 Å². The molecule has 126 valence electrons. The number of ether oxygens (including phenoxy) is 2. The molecule has 2 N–H and O–H groups in total. The average Bonchev–Trinajstić information content (AvgIpc) is 2.53. The first kappa shape index (κ1) is 17.3. The number of aliphatic carboxylic acids is 1. The number of benzene rings is 1. The summed E-state index contributed by atoms with van der Waals surface area (Å²) in [5.41, 5.74) is 0.413. The number of carboxylic acids is 1. The molecule has 0 aliphatic carbocycles. The van der Waals surface area contributed by atoms with Crippen molar-refractivity contribution in [3.05, 3.63) is 29.8 Å². The number of hydrogen-bond acceptors (Lipinski definition) is 4. The van der Waals surface area contributed by atoms with Crippen molar-refractivity contribution < 1.29 is 24.2 Å². The molecule has 6 heteroatoms. The van der Waals surface area contributed by atoms with E-state index in [0.717, 1.165) is 12.8 Å². The number of carboxylic acid groups (broad SMARTS) is 1. The predicted molar refractivity (Wildman–Crippen MR) is 84.6 cm³/mol. The highest BCUT2D eigenvalue weighted by Crippen LogP contribution is 2.18. The van der Waals surface area contributed by atoms with Crippen molar-refractivity contribution >= 4 is 11.9 Å². The Kier molecular flexibility index (Phi) is 5.98. The first-order valence-electron chi connectivity index (χ1n) is 7.85. The Bertz CT molecular complexity index is 534. The van der Waals surface area contributed by atoms with E-state index in [0.29, 0.717) is 24.5 Å². The van der Waals surface area contributed by atoms with Crippen LogP contribution in [-0.4, -0.2) is 42.3 Å². The number of carbonyl (C=O) groups is 2. The third-order valence-corrected chi connectivity index (χ3v) is 3.81. The maximum atomic E-state index is 12.1. The minimum atomic E-state index is -1.03. The van der Waals surface area contributed by atoms with Crippen LogP contribution in [0.5, 0.6) is 5.75 Å². The molecule has 23 heavy (non-hydrogen) atoms. The van der Waals surface area contributed by atoms with E-state index in [1.807, 2.05) is 0 Å². The molecule has 1 amide bonds. The summed E-state index contributed by atoms with van der Waals surface area (Å²) in [6, 6.07) is 5.85. The van der Waals surface area contributed by atoms with E-state index in [4.69, 9.17) is 14.6 Å². The minimum absolute atomic E-state index is 0.140. The Morgan fingerprint density at radius 3 is 2.35 bits per heavy atom. The summed E-state index contributed by atoms with van der Waals surface area (Å²) >= 11 is 0. The van der Waals surface area contributed by atoms with E-state index < -0.39 is 17.9 Å². The Morgan fingerprint density at radius 1 is 1.22 bits per heavy atom. The summed E-state index contributed by atoms with van der Waals surface area (Å²) in [5, 5.41) is 11.7. The largest absolute Gasteiger partial charge is 0.490 e. The van der Waals surface area contributed by atoms with Gasteiger partial charge in [0.2, 0.25) is 0 Å². The fraction of sp³-hybridized carbons (Fsp3) is 0.529. The second kappa shape index (κ2) is 7.97. The van der Waals surface area contributed by atoms with Crippen LogP contribution in [0.15, 0.2) is 24.3 Å². The van der Waals surface area contributed by atoms with Crippen LogP contribution < -0.4 is 10.1 Å². The van der Waals surface area contributed by atoms with Crippen LogP contribution in [0, 0.1) is 5.92 Å². The normalized spacial score (nSPS) is 16.8. The van der Waals surface area contributed by atoms with Crippen molar-refractivity contribution in [2.24, 2.45) is 5.92 Å². The van der Waals surface area contributed by atoms with Crippen molar-refractivity contribution in [3.8, 4) is 5.75 Å². The molecule has 1 aliphatic heterocycles. The van der Waals surface area contributed by atoms with Gasteiger partial charge in [-0.15, -0.1) is 0 Å². The van der Waals surface area contributed by atoms with Crippen molar-refractivity contribution in [2.75, 3.05) is 13.2 Å². The van der Waals surface area contributed by atoms with E-state index in [2.05, 4.69) is 5.32 Å². The quantitative estimate of drug-likeness (QED) is 0.838. The van der Waals surface area contributed by atoms with Gasteiger partial charge in [-0.25, -0.2) is 4.79 Å². The van der Waals surface area contributed by atoms with Gasteiger partial charge in [0, 0.05) is 18.4 Å². The molecule has 6 nitrogen and oxygen atoms in total. The second-order valence-corrected chi connectivity index (χ2v) is 5.99. The topological polar surface area (TPSA) is 84.9 Å². The van der Waals surface area contributed by atoms with Crippen molar-refractivity contribution in [1.29, 1.82) is 0 Å². The maximum absolute atomic E-state index is 12.1. The highest BCUT2D eigenvalue weighted by Gasteiger charge is 2.24. The molecular formula is C17H23NO5. The lowest BCUT2D eigenvalue weighted by Crippen LogP contribution is -2.44. The van der Waals surface area contributed by atoms with Gasteiger partial charge in [-0.1, -0.05) is 13.8 Å². The van der Waals surface area contributed by atoms with Gasteiger partial charge in [-0.3, -0.25) is 4.79 Å². The molecule has 0 spiro atoms. The Labute approximate surface area is 135 Å². The highest BCUT2D eigenvalue weighted by atomic mass is 16.5. The van der Waals surface area contributed by atoms with Gasteiger partial charge in [0.15, 0.2) is 0 Å². The number of amides is 1. The SMILES string of the molecule is CC(C)[C@H](NC(=O)c1ccc(OC2CCOCC2)cc1)C(=O)O. The predicted octanol–water partition coefficient (Wildman–Crippen LogP) is 2.08. The average molecular weight is 321 g/mol. The molecule has 1 atom stereocenters. The summed E-state index contributed by atoms with van der Waals surface area (Å²) in [6.45, 7) is 4.92. The summed E-state index contributed by atoms with van der Waals surface area (Å²) in [7, 11) is 0. The lowest BCUT2D eigenvalue weighted by molar-refractivity contribution is -0.140. The standard InChI is InChI=1S/C17H23NO5/c1-11(2)15(17(20)21)18-16(19)12-3-5-13(6-4-12)23-14-7-9-22-10-8-14/h3-6,11,14-15H,7-10H2,1-2H3,(H,18,19)(H,20,21)/t15-/m0/s1. The fourth-order valence-electron chi connectivity index (χ4n) is 2.41. The van der Waals surface area contributed by atoms with Crippen molar-refractivity contribution in [1.82, 2.24) is 5.32 Å². The van der Waals surface area contributed by atoms with Crippen LogP contribution in [0.3, 0.4) is 0 Å². The van der Waals surface area contributed by atoms with Gasteiger partial charge >= 0.3 is 5.97 Å². The molecule has 0 unspecified atom stereocenters. The zero-order valence-electron chi connectivity index (χ0n) is 13.5. The van der Waals surface area contributed by atoms with Crippen LogP contribution in [0.1, 0.15) is 37.0 Å². The Morgan fingerprint density at radius 2 is 1.83 bits per heavy atom. The molecular weight excluding hydrogens is 298 g/mol. The van der Waals surface area contributed by atoms with Crippen LogP contribution in [0.25, 0.3) is 0 Å². The smallest absolute Gasteiger partial charge is 0.326 e. The van der Waals surface area contributed by atoms with Gasteiger partial charge in [-0.2, -0.15) is 0 Å². The molecule has 2 rings (SSSR count). The third kappa shape index (κ3) is 4.96. The van der Waals surface area contributed by atoms with E-state index in [1.165, 1.54) is 0 Å². The zero-order valence-corrected chi connectivity index (χ0v) is 13.5. The summed E-state index contributed by atoms with van der Waals surface area (Å²) in [6.07, 6.45) is 1.86. The summed E-state index contributed by atoms with van der Waals surface area (Å²) in [5.74, 6) is -0.920. The Balaban J connectivity index is 1.95.